The highest BCUT2D eigenvalue weighted by atomic mass is 35.5. The number of carbonyl (C=O) groups is 2. The molecule has 0 unspecified atom stereocenters. The molecule has 1 aliphatic rings. The highest BCUT2D eigenvalue weighted by Gasteiger charge is 2.32. The molecule has 0 bridgehead atoms. The molecule has 3 N–H and O–H groups in total. The van der Waals surface area contributed by atoms with Crippen LogP contribution in [-0.4, -0.2) is 46.4 Å². The normalized spacial score (nSPS) is 13.9. The number of phenols is 1. The summed E-state index contributed by atoms with van der Waals surface area (Å²) in [6, 6.07) is 8.40. The van der Waals surface area contributed by atoms with Gasteiger partial charge < -0.3 is 20.3 Å². The lowest BCUT2D eigenvalue weighted by Gasteiger charge is -2.31. The zero-order chi connectivity index (χ0) is 32.2. The molecule has 0 aliphatic carbocycles. The molecule has 44 heavy (non-hydrogen) atoms. The minimum absolute atomic E-state index is 0.00727. The number of phenolic OH excluding ortho intramolecular Hbond substituents is 1. The number of pyridine rings is 1. The summed E-state index contributed by atoms with van der Waals surface area (Å²) < 4.78 is 40.3. The number of nitrogens with zero attached hydrogens (tertiary/aromatic N) is 2. The molecule has 2 amide bonds. The summed E-state index contributed by atoms with van der Waals surface area (Å²) in [7, 11) is 0. The van der Waals surface area contributed by atoms with Gasteiger partial charge in [0.15, 0.2) is 0 Å². The molecule has 0 spiro atoms. The van der Waals surface area contributed by atoms with Crippen LogP contribution >= 0.6 is 23.2 Å². The lowest BCUT2D eigenvalue weighted by molar-refractivity contribution is -0.137. The number of benzene rings is 2. The molecule has 1 saturated heterocycles. The van der Waals surface area contributed by atoms with Gasteiger partial charge >= 0.3 is 6.18 Å². The summed E-state index contributed by atoms with van der Waals surface area (Å²) in [6.45, 7) is 3.14. The molecule has 0 atom stereocenters. The van der Waals surface area contributed by atoms with Crippen LogP contribution in [0, 0.1) is 17.2 Å². The maximum absolute atomic E-state index is 13.4. The van der Waals surface area contributed by atoms with Crippen LogP contribution < -0.4 is 10.9 Å². The van der Waals surface area contributed by atoms with E-state index in [-0.39, 0.29) is 68.9 Å². The third-order valence-corrected chi connectivity index (χ3v) is 8.10. The van der Waals surface area contributed by atoms with Crippen molar-refractivity contribution in [2.45, 2.75) is 45.2 Å². The molecule has 232 valence electrons. The number of aromatic hydroxyl groups is 1. The van der Waals surface area contributed by atoms with E-state index < -0.39 is 22.9 Å². The number of nitriles is 1. The van der Waals surface area contributed by atoms with E-state index in [9.17, 15) is 37.9 Å². The number of carbonyl (C=O) groups excluding carboxylic acids is 2. The minimum atomic E-state index is -4.70. The first-order valence-corrected chi connectivity index (χ1v) is 14.7. The summed E-state index contributed by atoms with van der Waals surface area (Å²) in [5, 5.41) is 23.7. The van der Waals surface area contributed by atoms with Crippen molar-refractivity contribution in [2.75, 3.05) is 19.6 Å². The van der Waals surface area contributed by atoms with Gasteiger partial charge in [-0.2, -0.15) is 18.4 Å². The van der Waals surface area contributed by atoms with Gasteiger partial charge in [0.2, 0.25) is 11.8 Å². The second-order valence-electron chi connectivity index (χ2n) is 10.5. The summed E-state index contributed by atoms with van der Waals surface area (Å²) in [5.74, 6) is -0.581. The van der Waals surface area contributed by atoms with Crippen molar-refractivity contribution in [3.63, 3.8) is 0 Å². The Hall–Kier alpha value is -4.01. The number of rotatable bonds is 8. The second-order valence-corrected chi connectivity index (χ2v) is 11.4. The number of aromatic amines is 1. The van der Waals surface area contributed by atoms with Crippen LogP contribution in [0.15, 0.2) is 41.2 Å². The Morgan fingerprint density at radius 3 is 2.45 bits per heavy atom. The number of H-pyrrole nitrogens is 1. The average molecular weight is 649 g/mol. The second kappa shape index (κ2) is 13.7. The fraction of sp³-hybridized carbons (Fsp3) is 0.355. The van der Waals surface area contributed by atoms with Gasteiger partial charge in [-0.15, -0.1) is 0 Å². The van der Waals surface area contributed by atoms with E-state index in [1.165, 1.54) is 18.2 Å². The van der Waals surface area contributed by atoms with Gasteiger partial charge in [-0.25, -0.2) is 0 Å². The zero-order valence-corrected chi connectivity index (χ0v) is 25.2. The summed E-state index contributed by atoms with van der Waals surface area (Å²) in [5.41, 5.74) is -2.32. The monoisotopic (exact) mass is 648 g/mol. The molecular formula is C31H29Cl2F3N4O4. The maximum Gasteiger partial charge on any atom is 0.416 e. The van der Waals surface area contributed by atoms with E-state index in [0.29, 0.717) is 37.9 Å². The van der Waals surface area contributed by atoms with Gasteiger partial charge in [-0.1, -0.05) is 30.1 Å². The van der Waals surface area contributed by atoms with Gasteiger partial charge in [0.25, 0.3) is 5.56 Å². The summed E-state index contributed by atoms with van der Waals surface area (Å²) >= 11 is 12.5. The molecule has 4 rings (SSSR count). The molecule has 8 nitrogen and oxygen atoms in total. The molecule has 2 aromatic carbocycles. The lowest BCUT2D eigenvalue weighted by atomic mass is 9.95. The Morgan fingerprint density at radius 1 is 1.11 bits per heavy atom. The fourth-order valence-electron chi connectivity index (χ4n) is 5.22. The first kappa shape index (κ1) is 32.9. The number of alkyl halides is 3. The van der Waals surface area contributed by atoms with Crippen molar-refractivity contribution < 1.29 is 27.9 Å². The SMILES string of the molecule is CCCC(=O)N1CCC(C(=O)NCCc2cc(Cl)cc(-c3cc(-c4cc(C(F)(F)F)ccc4Cl)c(C#N)c(=O)[nH]3)c2O)CC1. The molecule has 0 radical (unpaired) electrons. The molecule has 2 heterocycles. The van der Waals surface area contributed by atoms with Crippen molar-refractivity contribution in [1.29, 1.82) is 5.26 Å². The number of halogens is 5. The largest absolute Gasteiger partial charge is 0.507 e. The Labute approximate surface area is 261 Å². The molecule has 13 heteroatoms. The van der Waals surface area contributed by atoms with Crippen LogP contribution in [-0.2, 0) is 22.2 Å². The first-order chi connectivity index (χ1) is 20.8. The predicted octanol–water partition coefficient (Wildman–Crippen LogP) is 6.31. The average Bonchev–Trinajstić information content (AvgIpc) is 2.98. The van der Waals surface area contributed by atoms with Crippen LogP contribution in [0.25, 0.3) is 22.4 Å². The number of hydrogen-bond donors (Lipinski definition) is 3. The molecule has 1 aliphatic heterocycles. The molecule has 1 aromatic heterocycles. The van der Waals surface area contributed by atoms with E-state index in [4.69, 9.17) is 23.2 Å². The van der Waals surface area contributed by atoms with E-state index >= 15 is 0 Å². The van der Waals surface area contributed by atoms with E-state index in [2.05, 4.69) is 10.3 Å². The van der Waals surface area contributed by atoms with Crippen molar-refractivity contribution in [3.8, 4) is 34.2 Å². The molecular weight excluding hydrogens is 620 g/mol. The number of aromatic nitrogens is 1. The van der Waals surface area contributed by atoms with Crippen LogP contribution in [0.3, 0.4) is 0 Å². The number of piperidine rings is 1. The van der Waals surface area contributed by atoms with Gasteiger partial charge in [0.1, 0.15) is 17.4 Å². The third kappa shape index (κ3) is 7.37. The van der Waals surface area contributed by atoms with Gasteiger partial charge in [0.05, 0.1) is 11.3 Å². The highest BCUT2D eigenvalue weighted by Crippen LogP contribution is 2.39. The summed E-state index contributed by atoms with van der Waals surface area (Å²) in [6.07, 6.45) is -2.17. The van der Waals surface area contributed by atoms with Crippen LogP contribution in [0.2, 0.25) is 10.0 Å². The van der Waals surface area contributed by atoms with Crippen LogP contribution in [0.5, 0.6) is 5.75 Å². The number of hydrogen-bond acceptors (Lipinski definition) is 5. The number of likely N-dealkylation sites (tertiary alicyclic amines) is 1. The smallest absolute Gasteiger partial charge is 0.416 e. The first-order valence-electron chi connectivity index (χ1n) is 14.0. The predicted molar refractivity (Wildman–Crippen MR) is 160 cm³/mol. The zero-order valence-electron chi connectivity index (χ0n) is 23.7. The van der Waals surface area contributed by atoms with E-state index in [1.807, 2.05) is 6.92 Å². The van der Waals surface area contributed by atoms with Gasteiger partial charge in [0, 0.05) is 58.7 Å². The van der Waals surface area contributed by atoms with E-state index in [0.717, 1.165) is 24.6 Å². The lowest BCUT2D eigenvalue weighted by Crippen LogP contribution is -2.43. The van der Waals surface area contributed by atoms with Crippen molar-refractivity contribution >= 4 is 35.0 Å². The number of nitrogens with one attached hydrogen (secondary N) is 2. The Bertz CT molecular complexity index is 1680. The van der Waals surface area contributed by atoms with Crippen molar-refractivity contribution in [2.24, 2.45) is 5.92 Å². The molecule has 0 saturated carbocycles. The van der Waals surface area contributed by atoms with Crippen LogP contribution in [0.1, 0.15) is 49.3 Å². The summed E-state index contributed by atoms with van der Waals surface area (Å²) in [4.78, 5) is 42.0. The number of amides is 2. The minimum Gasteiger partial charge on any atom is -0.507 e. The maximum atomic E-state index is 13.4. The fourth-order valence-corrected chi connectivity index (χ4v) is 5.68. The standard InChI is InChI=1S/C31H29Cl2F3N4O4/c1-2-3-27(41)40-10-7-17(8-11-40)29(43)38-9-6-18-12-20(32)14-23(28(18)42)26-15-21(24(16-37)30(44)39-26)22-13-19(31(34,35)36)4-5-25(22)33/h4-5,12-15,17,42H,2-3,6-11H2,1H3,(H,38,43)(H,39,44). The Kier molecular flexibility index (Phi) is 10.3. The highest BCUT2D eigenvalue weighted by molar-refractivity contribution is 6.33. The Balaban J connectivity index is 1.56. The topological polar surface area (TPSA) is 126 Å². The third-order valence-electron chi connectivity index (χ3n) is 7.55. The quantitative estimate of drug-likeness (QED) is 0.264. The van der Waals surface area contributed by atoms with Gasteiger partial charge in [-0.3, -0.25) is 14.4 Å². The molecule has 3 aromatic rings. The molecule has 1 fully saturated rings. The van der Waals surface area contributed by atoms with Gasteiger partial charge in [-0.05, 0) is 67.6 Å². The van der Waals surface area contributed by atoms with Crippen molar-refractivity contribution in [3.05, 3.63) is 73.5 Å². The van der Waals surface area contributed by atoms with Crippen LogP contribution in [0.4, 0.5) is 13.2 Å². The van der Waals surface area contributed by atoms with Crippen molar-refractivity contribution in [1.82, 2.24) is 15.2 Å². The Morgan fingerprint density at radius 2 is 1.82 bits per heavy atom. The van der Waals surface area contributed by atoms with E-state index in [1.54, 1.807) is 11.0 Å².